The highest BCUT2D eigenvalue weighted by atomic mass is 16.6. The minimum atomic E-state index is -0.801. The molecule has 0 aromatic heterocycles. The second-order valence-electron chi connectivity index (χ2n) is 14.4. The van der Waals surface area contributed by atoms with Crippen molar-refractivity contribution in [2.24, 2.45) is 0 Å². The average Bonchev–Trinajstić information content (AvgIpc) is 3.15. The monoisotopic (exact) mass is 727 g/mol. The Balaban J connectivity index is 3.58. The first kappa shape index (κ1) is 49.6. The maximum absolute atomic E-state index is 12.2. The summed E-state index contributed by atoms with van der Waals surface area (Å²) in [4.78, 5) is 24.3. The Morgan fingerprint density at radius 3 is 1.23 bits per heavy atom. The molecule has 0 bridgehead atoms. The highest BCUT2D eigenvalue weighted by molar-refractivity contribution is 5.70. The van der Waals surface area contributed by atoms with Crippen molar-refractivity contribution in [1.82, 2.24) is 0 Å². The zero-order chi connectivity index (χ0) is 37.8. The van der Waals surface area contributed by atoms with E-state index in [0.29, 0.717) is 12.8 Å². The van der Waals surface area contributed by atoms with Crippen LogP contribution in [0.2, 0.25) is 0 Å². The van der Waals surface area contributed by atoms with Gasteiger partial charge in [0.2, 0.25) is 0 Å². The molecule has 0 amide bonds. The zero-order valence-electron chi connectivity index (χ0n) is 34.1. The van der Waals surface area contributed by atoms with Crippen LogP contribution >= 0.6 is 0 Å². The fourth-order valence-corrected chi connectivity index (χ4v) is 6.06. The third-order valence-corrected chi connectivity index (χ3v) is 9.33. The van der Waals surface area contributed by atoms with Gasteiger partial charge in [0, 0.05) is 12.8 Å². The lowest BCUT2D eigenvalue weighted by Crippen LogP contribution is -2.28. The smallest absolute Gasteiger partial charge is 0.306 e. The first-order chi connectivity index (χ1) is 25.6. The molecular formula is C47H82O5. The molecule has 5 heteroatoms. The molecule has 0 radical (unpaired) electrons. The molecular weight excluding hydrogens is 645 g/mol. The molecule has 0 aliphatic rings. The summed E-state index contributed by atoms with van der Waals surface area (Å²) < 4.78 is 10.6. The van der Waals surface area contributed by atoms with Crippen LogP contribution in [-0.2, 0) is 19.1 Å². The van der Waals surface area contributed by atoms with Crippen LogP contribution in [0.5, 0.6) is 0 Å². The lowest BCUT2D eigenvalue weighted by molar-refractivity contribution is -0.161. The fourth-order valence-electron chi connectivity index (χ4n) is 6.06. The normalized spacial score (nSPS) is 12.8. The molecule has 0 aromatic rings. The van der Waals surface area contributed by atoms with E-state index >= 15 is 0 Å². The number of rotatable bonds is 39. The number of aliphatic hydroxyl groups is 1. The Hall–Kier alpha value is -2.40. The minimum absolute atomic E-state index is 0.0882. The Morgan fingerprint density at radius 1 is 0.462 bits per heavy atom. The van der Waals surface area contributed by atoms with Crippen molar-refractivity contribution in [3.05, 3.63) is 60.8 Å². The van der Waals surface area contributed by atoms with Gasteiger partial charge in [0.1, 0.15) is 6.61 Å². The summed E-state index contributed by atoms with van der Waals surface area (Å²) in [6, 6.07) is 0. The molecule has 0 unspecified atom stereocenters. The van der Waals surface area contributed by atoms with E-state index in [0.717, 1.165) is 57.8 Å². The van der Waals surface area contributed by atoms with Gasteiger partial charge >= 0.3 is 11.9 Å². The quantitative estimate of drug-likeness (QED) is 0.0388. The van der Waals surface area contributed by atoms with Gasteiger partial charge < -0.3 is 14.6 Å². The predicted octanol–water partition coefficient (Wildman–Crippen LogP) is 14.0. The van der Waals surface area contributed by atoms with Crippen LogP contribution in [0.1, 0.15) is 206 Å². The van der Waals surface area contributed by atoms with Crippen molar-refractivity contribution >= 4 is 11.9 Å². The SMILES string of the molecule is CC/C=C/C/C=C/C/C=C/C/C=C/C/C=C/CCCC(=O)O[C@@H](CO)COC(=O)CCCCCCCCCCCCCCCCCCCCCCC. The number of hydrogen-bond acceptors (Lipinski definition) is 5. The van der Waals surface area contributed by atoms with Gasteiger partial charge in [-0.1, -0.05) is 203 Å². The molecule has 1 atom stereocenters. The second kappa shape index (κ2) is 43.0. The number of ether oxygens (including phenoxy) is 2. The summed E-state index contributed by atoms with van der Waals surface area (Å²) in [6.07, 6.45) is 55.9. The molecule has 0 saturated heterocycles. The number of aliphatic hydroxyl groups excluding tert-OH is 1. The molecule has 1 N–H and O–H groups in total. The molecule has 0 spiro atoms. The molecule has 0 aliphatic heterocycles. The first-order valence-corrected chi connectivity index (χ1v) is 21.8. The minimum Gasteiger partial charge on any atom is -0.462 e. The van der Waals surface area contributed by atoms with Gasteiger partial charge in [-0.15, -0.1) is 0 Å². The maximum Gasteiger partial charge on any atom is 0.306 e. The van der Waals surface area contributed by atoms with E-state index in [1.807, 2.05) is 0 Å². The zero-order valence-corrected chi connectivity index (χ0v) is 34.1. The summed E-state index contributed by atoms with van der Waals surface area (Å²) in [7, 11) is 0. The predicted molar refractivity (Wildman–Crippen MR) is 223 cm³/mol. The molecule has 0 rings (SSSR count). The molecule has 0 aliphatic carbocycles. The Bertz CT molecular complexity index is 915. The third-order valence-electron chi connectivity index (χ3n) is 9.33. The van der Waals surface area contributed by atoms with Crippen molar-refractivity contribution in [3.8, 4) is 0 Å². The van der Waals surface area contributed by atoms with E-state index in [-0.39, 0.29) is 31.6 Å². The van der Waals surface area contributed by atoms with Gasteiger partial charge in [0.05, 0.1) is 6.61 Å². The Morgan fingerprint density at radius 2 is 0.827 bits per heavy atom. The molecule has 0 heterocycles. The van der Waals surface area contributed by atoms with Crippen molar-refractivity contribution in [2.45, 2.75) is 213 Å². The lowest BCUT2D eigenvalue weighted by Gasteiger charge is -2.15. The van der Waals surface area contributed by atoms with E-state index < -0.39 is 6.10 Å². The summed E-state index contributed by atoms with van der Waals surface area (Å²) in [6.45, 7) is 3.99. The highest BCUT2D eigenvalue weighted by Gasteiger charge is 2.16. The summed E-state index contributed by atoms with van der Waals surface area (Å²) in [5, 5.41) is 9.57. The van der Waals surface area contributed by atoms with Gasteiger partial charge in [-0.3, -0.25) is 9.59 Å². The van der Waals surface area contributed by atoms with Crippen molar-refractivity contribution < 1.29 is 24.2 Å². The van der Waals surface area contributed by atoms with E-state index in [9.17, 15) is 14.7 Å². The summed E-state index contributed by atoms with van der Waals surface area (Å²) in [5.74, 6) is -0.655. The van der Waals surface area contributed by atoms with E-state index in [4.69, 9.17) is 9.47 Å². The van der Waals surface area contributed by atoms with Crippen molar-refractivity contribution in [3.63, 3.8) is 0 Å². The average molecular weight is 727 g/mol. The maximum atomic E-state index is 12.2. The standard InChI is InChI=1S/C47H82O5/c1-3-5-7-9-11-13-15-17-19-21-22-23-24-26-27-29-31-33-35-37-39-41-46(49)51-44-45(43-48)52-47(50)42-40-38-36-34-32-30-28-25-20-18-16-14-12-10-8-6-4-2/h6,8,12,14,18,20,28,30,34,36,45,48H,3-5,7,9-11,13,15-17,19,21-27,29,31-33,35,37-44H2,1-2H3/b8-6+,14-12+,20-18+,30-28+,36-34+/t45-/m0/s1. The largest absolute Gasteiger partial charge is 0.462 e. The van der Waals surface area contributed by atoms with Crippen LogP contribution in [0.25, 0.3) is 0 Å². The topological polar surface area (TPSA) is 72.8 Å². The second-order valence-corrected chi connectivity index (χ2v) is 14.4. The number of esters is 2. The molecule has 52 heavy (non-hydrogen) atoms. The fraction of sp³-hybridized carbons (Fsp3) is 0.745. The van der Waals surface area contributed by atoms with Crippen molar-refractivity contribution in [1.29, 1.82) is 0 Å². The van der Waals surface area contributed by atoms with Crippen LogP contribution in [-0.4, -0.2) is 36.4 Å². The van der Waals surface area contributed by atoms with Gasteiger partial charge in [-0.05, 0) is 51.4 Å². The number of carbonyl (C=O) groups excluding carboxylic acids is 2. The third kappa shape index (κ3) is 40.4. The van der Waals surface area contributed by atoms with Gasteiger partial charge in [0.25, 0.3) is 0 Å². The van der Waals surface area contributed by atoms with Crippen LogP contribution in [0.15, 0.2) is 60.8 Å². The number of hydrogen-bond donors (Lipinski definition) is 1. The van der Waals surface area contributed by atoms with Crippen LogP contribution in [0.4, 0.5) is 0 Å². The van der Waals surface area contributed by atoms with E-state index in [1.165, 1.54) is 116 Å². The Labute approximate surface area is 321 Å². The van der Waals surface area contributed by atoms with E-state index in [1.54, 1.807) is 0 Å². The molecule has 0 aromatic carbocycles. The number of carbonyl (C=O) groups is 2. The van der Waals surface area contributed by atoms with Crippen LogP contribution in [0, 0.1) is 0 Å². The molecule has 0 saturated carbocycles. The number of unbranched alkanes of at least 4 members (excludes halogenated alkanes) is 21. The van der Waals surface area contributed by atoms with Crippen LogP contribution < -0.4 is 0 Å². The summed E-state index contributed by atoms with van der Waals surface area (Å²) >= 11 is 0. The van der Waals surface area contributed by atoms with Crippen LogP contribution in [0.3, 0.4) is 0 Å². The molecule has 300 valence electrons. The number of allylic oxidation sites excluding steroid dienone is 10. The Kier molecular flexibility index (Phi) is 41.0. The van der Waals surface area contributed by atoms with Gasteiger partial charge in [-0.2, -0.15) is 0 Å². The lowest BCUT2D eigenvalue weighted by atomic mass is 10.0. The first-order valence-electron chi connectivity index (χ1n) is 21.8. The van der Waals surface area contributed by atoms with Gasteiger partial charge in [-0.25, -0.2) is 0 Å². The molecule has 5 nitrogen and oxygen atoms in total. The summed E-state index contributed by atoms with van der Waals surface area (Å²) in [5.41, 5.74) is 0. The van der Waals surface area contributed by atoms with Gasteiger partial charge in [0.15, 0.2) is 6.10 Å². The molecule has 0 fully saturated rings. The van der Waals surface area contributed by atoms with E-state index in [2.05, 4.69) is 74.6 Å². The van der Waals surface area contributed by atoms with Crippen molar-refractivity contribution in [2.75, 3.05) is 13.2 Å². The highest BCUT2D eigenvalue weighted by Crippen LogP contribution is 2.15.